The lowest BCUT2D eigenvalue weighted by atomic mass is 9.82. The number of H-pyrrole nitrogens is 1. The number of benzene rings is 2. The van der Waals surface area contributed by atoms with Crippen molar-refractivity contribution in [1.29, 1.82) is 0 Å². The number of amides is 2. The predicted octanol–water partition coefficient (Wildman–Crippen LogP) is 3.06. The molecule has 2 aliphatic rings. The van der Waals surface area contributed by atoms with Crippen LogP contribution >= 0.6 is 0 Å². The van der Waals surface area contributed by atoms with Gasteiger partial charge in [0.1, 0.15) is 12.6 Å². The van der Waals surface area contributed by atoms with Crippen LogP contribution < -0.4 is 14.2 Å². The molecule has 1 saturated heterocycles. The molecule has 1 unspecified atom stereocenters. The highest BCUT2D eigenvalue weighted by molar-refractivity contribution is 5.98. The summed E-state index contributed by atoms with van der Waals surface area (Å²) < 4.78 is 16.1. The smallest absolute Gasteiger partial charge is 0.266 e. The molecular formula is C26H28N4O5. The Bertz CT molecular complexity index is 1330. The Labute approximate surface area is 203 Å². The first-order chi connectivity index (χ1) is 16.8. The molecule has 9 heteroatoms. The number of rotatable bonds is 5. The van der Waals surface area contributed by atoms with E-state index < -0.39 is 11.6 Å². The number of ether oxygens (including phenoxy) is 3. The van der Waals surface area contributed by atoms with E-state index in [1.54, 1.807) is 17.0 Å². The minimum Gasteiger partial charge on any atom is -0.493 e. The van der Waals surface area contributed by atoms with Crippen LogP contribution in [0.3, 0.4) is 0 Å². The number of nitrogens with one attached hydrogen (secondary N) is 1. The molecule has 1 aromatic heterocycles. The van der Waals surface area contributed by atoms with E-state index >= 15 is 0 Å². The highest BCUT2D eigenvalue weighted by Gasteiger charge is 2.51. The Morgan fingerprint density at radius 3 is 2.40 bits per heavy atom. The second-order valence-corrected chi connectivity index (χ2v) is 9.17. The van der Waals surface area contributed by atoms with Gasteiger partial charge >= 0.3 is 0 Å². The van der Waals surface area contributed by atoms with Gasteiger partial charge in [-0.2, -0.15) is 5.10 Å². The Morgan fingerprint density at radius 2 is 1.74 bits per heavy atom. The van der Waals surface area contributed by atoms with Crippen molar-refractivity contribution in [1.82, 2.24) is 14.9 Å². The molecule has 2 aromatic carbocycles. The lowest BCUT2D eigenvalue weighted by Gasteiger charge is -2.50. The average molecular weight is 477 g/mol. The first-order valence-electron chi connectivity index (χ1n) is 11.4. The molecule has 35 heavy (non-hydrogen) atoms. The number of para-hydroxylation sites is 1. The summed E-state index contributed by atoms with van der Waals surface area (Å²) in [4.78, 5) is 32.1. The summed E-state index contributed by atoms with van der Waals surface area (Å²) in [5, 5.41) is 6.72. The van der Waals surface area contributed by atoms with Crippen LogP contribution in [0, 0.1) is 0 Å². The van der Waals surface area contributed by atoms with Gasteiger partial charge in [0.25, 0.3) is 5.91 Å². The van der Waals surface area contributed by atoms with Gasteiger partial charge in [0.15, 0.2) is 11.5 Å². The van der Waals surface area contributed by atoms with Gasteiger partial charge in [-0.3, -0.25) is 9.59 Å². The quantitative estimate of drug-likeness (QED) is 0.571. The number of hydrogen-bond acceptors (Lipinski definition) is 6. The first-order valence-corrected chi connectivity index (χ1v) is 11.4. The minimum absolute atomic E-state index is 0.130. The normalized spacial score (nSPS) is 19.2. The fourth-order valence-electron chi connectivity index (χ4n) is 5.28. The molecule has 2 amide bonds. The number of carbonyl (C=O) groups is 2. The minimum atomic E-state index is -0.656. The van der Waals surface area contributed by atoms with Crippen molar-refractivity contribution >= 4 is 28.9 Å². The number of hydrazone groups is 1. The number of piperazine rings is 1. The number of carbonyl (C=O) groups excluding carboxylic acids is 2. The molecule has 0 bridgehead atoms. The molecule has 1 atom stereocenters. The maximum Gasteiger partial charge on any atom is 0.266 e. The van der Waals surface area contributed by atoms with E-state index in [-0.39, 0.29) is 18.4 Å². The molecule has 5 rings (SSSR count). The van der Waals surface area contributed by atoms with Crippen LogP contribution in [-0.4, -0.2) is 66.8 Å². The third-order valence-corrected chi connectivity index (χ3v) is 6.86. The fourth-order valence-corrected chi connectivity index (χ4v) is 5.28. The van der Waals surface area contributed by atoms with E-state index in [1.807, 2.05) is 38.1 Å². The zero-order valence-electron chi connectivity index (χ0n) is 20.4. The van der Waals surface area contributed by atoms with Gasteiger partial charge in [-0.05, 0) is 37.6 Å². The van der Waals surface area contributed by atoms with Crippen LogP contribution in [0.4, 0.5) is 0 Å². The maximum atomic E-state index is 13.6. The van der Waals surface area contributed by atoms with Crippen molar-refractivity contribution in [3.8, 4) is 17.2 Å². The third kappa shape index (κ3) is 3.50. The topological polar surface area (TPSA) is 96.5 Å². The second-order valence-electron chi connectivity index (χ2n) is 9.17. The summed E-state index contributed by atoms with van der Waals surface area (Å²) in [5.41, 5.74) is 3.04. The van der Waals surface area contributed by atoms with Crippen LogP contribution in [0.25, 0.3) is 10.9 Å². The van der Waals surface area contributed by atoms with Gasteiger partial charge in [0.2, 0.25) is 11.7 Å². The summed E-state index contributed by atoms with van der Waals surface area (Å²) in [5.74, 6) is 1.05. The van der Waals surface area contributed by atoms with Crippen LogP contribution in [-0.2, 0) is 21.5 Å². The lowest BCUT2D eigenvalue weighted by Crippen LogP contribution is -2.66. The molecule has 3 heterocycles. The Hall–Kier alpha value is -4.01. The summed E-state index contributed by atoms with van der Waals surface area (Å²) in [6.07, 6.45) is 1.96. The molecule has 9 nitrogen and oxygen atoms in total. The monoisotopic (exact) mass is 476 g/mol. The van der Waals surface area contributed by atoms with Crippen LogP contribution in [0.2, 0.25) is 0 Å². The summed E-state index contributed by atoms with van der Waals surface area (Å²) in [6, 6.07) is 10.9. The average Bonchev–Trinajstić information content (AvgIpc) is 3.24. The van der Waals surface area contributed by atoms with E-state index in [1.165, 1.54) is 32.6 Å². The molecular weight excluding hydrogens is 448 g/mol. The van der Waals surface area contributed by atoms with Crippen molar-refractivity contribution in [2.75, 3.05) is 27.9 Å². The van der Waals surface area contributed by atoms with Crippen LogP contribution in [0.15, 0.2) is 41.5 Å². The zero-order chi connectivity index (χ0) is 24.9. The number of methoxy groups -OCH3 is 3. The standard InChI is InChI=1S/C26H28N4O5/c1-26(2)24-17(16-8-6-7-9-18(16)28-24)12-19-25(32)29(14-22(31)30(19)26)27-13-15-10-20(33-3)23(35-5)21(11-15)34-4/h6-11,13,19,28H,12,14H2,1-5H3. The molecule has 0 radical (unpaired) electrons. The van der Waals surface area contributed by atoms with Crippen molar-refractivity contribution in [3.63, 3.8) is 0 Å². The Balaban J connectivity index is 1.48. The Morgan fingerprint density at radius 1 is 1.06 bits per heavy atom. The highest BCUT2D eigenvalue weighted by atomic mass is 16.5. The molecule has 1 fully saturated rings. The molecule has 3 aromatic rings. The molecule has 0 aliphatic carbocycles. The Kier molecular flexibility index (Phi) is 5.42. The summed E-state index contributed by atoms with van der Waals surface area (Å²) >= 11 is 0. The number of fused-ring (bicyclic) bond motifs is 4. The molecule has 0 saturated carbocycles. The van der Waals surface area contributed by atoms with Crippen molar-refractivity contribution in [3.05, 3.63) is 53.2 Å². The van der Waals surface area contributed by atoms with Crippen LogP contribution in [0.5, 0.6) is 17.2 Å². The zero-order valence-corrected chi connectivity index (χ0v) is 20.4. The molecule has 2 aliphatic heterocycles. The SMILES string of the molecule is COc1cc(C=NN2CC(=O)N3C(Cc4c([nH]c5ccccc45)C3(C)C)C2=O)cc(OC)c1OC. The molecule has 182 valence electrons. The van der Waals surface area contributed by atoms with Gasteiger partial charge in [0.05, 0.1) is 33.1 Å². The van der Waals surface area contributed by atoms with Gasteiger partial charge in [-0.15, -0.1) is 0 Å². The molecule has 1 N–H and O–H groups in total. The number of aromatic nitrogens is 1. The molecule has 0 spiro atoms. The first kappa shape index (κ1) is 22.8. The highest BCUT2D eigenvalue weighted by Crippen LogP contribution is 2.43. The van der Waals surface area contributed by atoms with Crippen molar-refractivity contribution in [2.24, 2.45) is 5.10 Å². The van der Waals surface area contributed by atoms with Gasteiger partial charge in [-0.1, -0.05) is 18.2 Å². The van der Waals surface area contributed by atoms with Gasteiger partial charge in [0, 0.05) is 28.6 Å². The van der Waals surface area contributed by atoms with Gasteiger partial charge in [-0.25, -0.2) is 5.01 Å². The number of aromatic amines is 1. The van der Waals surface area contributed by atoms with Crippen molar-refractivity contribution in [2.45, 2.75) is 31.8 Å². The predicted molar refractivity (Wildman–Crippen MR) is 131 cm³/mol. The van der Waals surface area contributed by atoms with Gasteiger partial charge < -0.3 is 24.1 Å². The van der Waals surface area contributed by atoms with Crippen LogP contribution in [0.1, 0.15) is 30.7 Å². The fraction of sp³-hybridized carbons (Fsp3) is 0.346. The van der Waals surface area contributed by atoms with E-state index in [0.717, 1.165) is 22.2 Å². The van der Waals surface area contributed by atoms with E-state index in [4.69, 9.17) is 14.2 Å². The lowest BCUT2D eigenvalue weighted by molar-refractivity contribution is -0.163. The van der Waals surface area contributed by atoms with Crippen molar-refractivity contribution < 1.29 is 23.8 Å². The number of hydrogen-bond donors (Lipinski definition) is 1. The van der Waals surface area contributed by atoms with E-state index in [0.29, 0.717) is 29.2 Å². The van der Waals surface area contributed by atoms with E-state index in [2.05, 4.69) is 10.1 Å². The summed E-state index contributed by atoms with van der Waals surface area (Å²) in [6.45, 7) is 3.83. The number of nitrogens with zero attached hydrogens (tertiary/aromatic N) is 3. The van der Waals surface area contributed by atoms with E-state index in [9.17, 15) is 9.59 Å². The summed E-state index contributed by atoms with van der Waals surface area (Å²) in [7, 11) is 4.59. The third-order valence-electron chi connectivity index (χ3n) is 6.86. The second kappa shape index (κ2) is 8.33. The largest absolute Gasteiger partial charge is 0.493 e. The maximum absolute atomic E-state index is 13.6.